The average molecular weight is 248 g/mol. The van der Waals surface area contributed by atoms with E-state index >= 15 is 0 Å². The third-order valence-electron chi connectivity index (χ3n) is 2.89. The molecule has 0 saturated carbocycles. The molecule has 0 aromatic carbocycles. The zero-order valence-electron chi connectivity index (χ0n) is 10.8. The maximum Gasteiger partial charge on any atom is 0.247 e. The van der Waals surface area contributed by atoms with E-state index in [2.05, 4.69) is 11.9 Å². The molecule has 2 amide bonds. The van der Waals surface area contributed by atoms with Crippen LogP contribution >= 0.6 is 0 Å². The predicted octanol–water partition coefficient (Wildman–Crippen LogP) is 1.76. The first kappa shape index (κ1) is 14.2. The molecule has 1 fully saturated rings. The van der Waals surface area contributed by atoms with Crippen LogP contribution in [0.15, 0.2) is 36.6 Å². The number of nitrogens with zero attached hydrogens (tertiary/aromatic N) is 1. The van der Waals surface area contributed by atoms with Crippen molar-refractivity contribution in [1.82, 2.24) is 10.2 Å². The van der Waals surface area contributed by atoms with Crippen LogP contribution < -0.4 is 5.32 Å². The second kappa shape index (κ2) is 7.48. The van der Waals surface area contributed by atoms with E-state index in [0.717, 1.165) is 25.7 Å². The first-order chi connectivity index (χ1) is 8.72. The van der Waals surface area contributed by atoms with Crippen LogP contribution in [0.1, 0.15) is 26.2 Å². The third-order valence-corrected chi connectivity index (χ3v) is 2.89. The molecule has 1 N–H and O–H groups in total. The molecule has 0 aromatic rings. The highest BCUT2D eigenvalue weighted by atomic mass is 16.2. The molecule has 0 radical (unpaired) electrons. The van der Waals surface area contributed by atoms with Crippen LogP contribution in [0.5, 0.6) is 0 Å². The van der Waals surface area contributed by atoms with Crippen LogP contribution in [0.2, 0.25) is 0 Å². The van der Waals surface area contributed by atoms with Crippen LogP contribution in [0.3, 0.4) is 0 Å². The third kappa shape index (κ3) is 3.87. The van der Waals surface area contributed by atoms with Gasteiger partial charge in [-0.3, -0.25) is 9.59 Å². The number of amides is 2. The lowest BCUT2D eigenvalue weighted by molar-refractivity contribution is -0.134. The van der Waals surface area contributed by atoms with E-state index < -0.39 is 0 Å². The van der Waals surface area contributed by atoms with Crippen LogP contribution in [-0.2, 0) is 9.59 Å². The van der Waals surface area contributed by atoms with Crippen molar-refractivity contribution in [2.75, 3.05) is 6.54 Å². The van der Waals surface area contributed by atoms with Crippen molar-refractivity contribution in [3.05, 3.63) is 36.6 Å². The zero-order chi connectivity index (χ0) is 13.4. The van der Waals surface area contributed by atoms with Gasteiger partial charge >= 0.3 is 0 Å². The summed E-state index contributed by atoms with van der Waals surface area (Å²) in [5.74, 6) is -0.131. The fourth-order valence-corrected chi connectivity index (χ4v) is 2.03. The lowest BCUT2D eigenvalue weighted by Crippen LogP contribution is -2.48. The lowest BCUT2D eigenvalue weighted by Gasteiger charge is -2.31. The Hall–Kier alpha value is -1.84. The number of rotatable bonds is 5. The Labute approximate surface area is 108 Å². The van der Waals surface area contributed by atoms with Crippen LogP contribution in [0, 0.1) is 0 Å². The maximum absolute atomic E-state index is 12.1. The molecule has 4 nitrogen and oxygen atoms in total. The van der Waals surface area contributed by atoms with Crippen molar-refractivity contribution in [3.63, 3.8) is 0 Å². The summed E-state index contributed by atoms with van der Waals surface area (Å²) < 4.78 is 0. The van der Waals surface area contributed by atoms with Gasteiger partial charge in [-0.15, -0.1) is 0 Å². The van der Waals surface area contributed by atoms with Gasteiger partial charge in [-0.05, 0) is 38.3 Å². The van der Waals surface area contributed by atoms with Crippen molar-refractivity contribution >= 4 is 12.3 Å². The van der Waals surface area contributed by atoms with Gasteiger partial charge < -0.3 is 10.2 Å². The molecular weight excluding hydrogens is 228 g/mol. The van der Waals surface area contributed by atoms with E-state index in [0.29, 0.717) is 12.2 Å². The molecule has 18 heavy (non-hydrogen) atoms. The normalized spacial score (nSPS) is 20.8. The minimum atomic E-state index is -0.352. The van der Waals surface area contributed by atoms with E-state index in [9.17, 15) is 9.59 Å². The predicted molar refractivity (Wildman–Crippen MR) is 71.6 cm³/mol. The molecule has 0 aromatic heterocycles. The van der Waals surface area contributed by atoms with Crippen LogP contribution in [0.25, 0.3) is 0 Å². The average Bonchev–Trinajstić information content (AvgIpc) is 2.39. The minimum Gasteiger partial charge on any atom is -0.333 e. The van der Waals surface area contributed by atoms with E-state index in [1.807, 2.05) is 13.0 Å². The Balaban J connectivity index is 2.70. The summed E-state index contributed by atoms with van der Waals surface area (Å²) in [5, 5.41) is 2.82. The second-order valence-electron chi connectivity index (χ2n) is 4.20. The molecule has 1 unspecified atom stereocenters. The van der Waals surface area contributed by atoms with E-state index in [1.165, 1.54) is 0 Å². The van der Waals surface area contributed by atoms with Gasteiger partial charge in [0.1, 0.15) is 6.04 Å². The summed E-state index contributed by atoms with van der Waals surface area (Å²) >= 11 is 0. The second-order valence-corrected chi connectivity index (χ2v) is 4.20. The van der Waals surface area contributed by atoms with Crippen LogP contribution in [0.4, 0.5) is 0 Å². The summed E-state index contributed by atoms with van der Waals surface area (Å²) in [6, 6.07) is -0.352. The quantitative estimate of drug-likeness (QED) is 0.595. The molecule has 4 heteroatoms. The van der Waals surface area contributed by atoms with Crippen molar-refractivity contribution < 1.29 is 9.59 Å². The monoisotopic (exact) mass is 248 g/mol. The lowest BCUT2D eigenvalue weighted by atomic mass is 10.0. The van der Waals surface area contributed by atoms with Gasteiger partial charge in [-0.1, -0.05) is 18.7 Å². The Morgan fingerprint density at radius 1 is 1.44 bits per heavy atom. The molecular formula is C14H20N2O2. The van der Waals surface area contributed by atoms with Crippen molar-refractivity contribution in [1.29, 1.82) is 0 Å². The van der Waals surface area contributed by atoms with Crippen LogP contribution in [-0.4, -0.2) is 29.8 Å². The van der Waals surface area contributed by atoms with Gasteiger partial charge in [0.15, 0.2) is 0 Å². The van der Waals surface area contributed by atoms with Gasteiger partial charge in [0.2, 0.25) is 12.3 Å². The molecule has 1 atom stereocenters. The highest BCUT2D eigenvalue weighted by Gasteiger charge is 2.27. The number of carbonyl (C=O) groups excluding carboxylic acids is 2. The van der Waals surface area contributed by atoms with E-state index in [4.69, 9.17) is 0 Å². The Morgan fingerprint density at radius 3 is 2.83 bits per heavy atom. The molecule has 1 heterocycles. The number of hydrogen-bond acceptors (Lipinski definition) is 2. The summed E-state index contributed by atoms with van der Waals surface area (Å²) in [7, 11) is 0. The fourth-order valence-electron chi connectivity index (χ4n) is 2.03. The largest absolute Gasteiger partial charge is 0.333 e. The molecule has 0 spiro atoms. The van der Waals surface area contributed by atoms with Gasteiger partial charge in [0.25, 0.3) is 0 Å². The van der Waals surface area contributed by atoms with E-state index in [1.54, 1.807) is 23.1 Å². The first-order valence-electron chi connectivity index (χ1n) is 6.20. The number of carbonyl (C=O) groups is 2. The molecule has 1 aliphatic heterocycles. The van der Waals surface area contributed by atoms with Gasteiger partial charge in [-0.2, -0.15) is 0 Å². The molecule has 1 rings (SSSR count). The van der Waals surface area contributed by atoms with Crippen molar-refractivity contribution in [3.8, 4) is 0 Å². The highest BCUT2D eigenvalue weighted by Crippen LogP contribution is 2.15. The zero-order valence-corrected chi connectivity index (χ0v) is 10.8. The van der Waals surface area contributed by atoms with Gasteiger partial charge in [0, 0.05) is 12.2 Å². The molecule has 0 bridgehead atoms. The number of piperidine rings is 1. The fraction of sp³-hybridized carbons (Fsp3) is 0.429. The maximum atomic E-state index is 12.1. The number of nitrogens with one attached hydrogen (secondary N) is 1. The Morgan fingerprint density at radius 2 is 2.22 bits per heavy atom. The smallest absolute Gasteiger partial charge is 0.247 e. The summed E-state index contributed by atoms with van der Waals surface area (Å²) in [6.07, 6.45) is 10.4. The highest BCUT2D eigenvalue weighted by molar-refractivity contribution is 5.85. The van der Waals surface area contributed by atoms with Crippen molar-refractivity contribution in [2.24, 2.45) is 0 Å². The number of allylic oxidation sites excluding steroid dienone is 4. The van der Waals surface area contributed by atoms with E-state index in [-0.39, 0.29) is 11.9 Å². The Kier molecular flexibility index (Phi) is 5.91. The SMILES string of the molecule is C=C/C=C(\C=C/C)NC(=O)C1CCCCN1C=O. The molecule has 1 saturated heterocycles. The number of hydrogen-bond donors (Lipinski definition) is 1. The van der Waals surface area contributed by atoms with Gasteiger partial charge in [0.05, 0.1) is 0 Å². The summed E-state index contributed by atoms with van der Waals surface area (Å²) in [6.45, 7) is 6.14. The van der Waals surface area contributed by atoms with Gasteiger partial charge in [-0.25, -0.2) is 0 Å². The first-order valence-corrected chi connectivity index (χ1v) is 6.20. The molecule has 98 valence electrons. The standard InChI is InChI=1S/C14H20N2O2/c1-3-7-12(8-4-2)15-14(18)13-9-5-6-10-16(13)11-17/h3-4,7-8,11,13H,1,5-6,9-10H2,2H3,(H,15,18)/b8-4-,12-7+. The molecule has 1 aliphatic rings. The van der Waals surface area contributed by atoms with Crippen molar-refractivity contribution in [2.45, 2.75) is 32.2 Å². The topological polar surface area (TPSA) is 49.4 Å². The minimum absolute atomic E-state index is 0.131. The Bertz CT molecular complexity index is 372. The molecule has 0 aliphatic carbocycles. The summed E-state index contributed by atoms with van der Waals surface area (Å²) in [5.41, 5.74) is 0.689. The summed E-state index contributed by atoms with van der Waals surface area (Å²) in [4.78, 5) is 24.6. The number of likely N-dealkylation sites (tertiary alicyclic amines) is 1.